The maximum atomic E-state index is 12.0. The highest BCUT2D eigenvalue weighted by Crippen LogP contribution is 2.32. The lowest BCUT2D eigenvalue weighted by atomic mass is 9.99. The van der Waals surface area contributed by atoms with E-state index in [-0.39, 0.29) is 6.09 Å². The highest BCUT2D eigenvalue weighted by molar-refractivity contribution is 7.98. The summed E-state index contributed by atoms with van der Waals surface area (Å²) in [7, 11) is 0. The molecule has 1 amide bonds. The molecule has 0 aromatic heterocycles. The standard InChI is InChI=1S/C14H26N2O2S/c1-14(2,3)18-13(17)16-8-4-5-11(10-16)9-15-19-12-6-7-12/h11-12,15H,4-10H2,1-3H3. The Morgan fingerprint density at radius 2 is 2.11 bits per heavy atom. The van der Waals surface area contributed by atoms with Crippen LogP contribution in [0.2, 0.25) is 0 Å². The average molecular weight is 286 g/mol. The molecule has 110 valence electrons. The van der Waals surface area contributed by atoms with Crippen molar-refractivity contribution in [1.29, 1.82) is 0 Å². The highest BCUT2D eigenvalue weighted by atomic mass is 32.2. The molecule has 0 bridgehead atoms. The van der Waals surface area contributed by atoms with Gasteiger partial charge in [-0.15, -0.1) is 0 Å². The normalized spacial score (nSPS) is 24.4. The maximum absolute atomic E-state index is 12.0. The van der Waals surface area contributed by atoms with E-state index in [1.165, 1.54) is 19.3 Å². The molecular formula is C14H26N2O2S. The first-order chi connectivity index (χ1) is 8.94. The second-order valence-corrected chi connectivity index (χ2v) is 7.79. The zero-order valence-electron chi connectivity index (χ0n) is 12.3. The van der Waals surface area contributed by atoms with Crippen molar-refractivity contribution in [1.82, 2.24) is 9.62 Å². The number of amides is 1. The van der Waals surface area contributed by atoms with Gasteiger partial charge in [0.05, 0.1) is 0 Å². The van der Waals surface area contributed by atoms with Gasteiger partial charge in [0.1, 0.15) is 5.60 Å². The number of hydrogen-bond acceptors (Lipinski definition) is 4. The van der Waals surface area contributed by atoms with Gasteiger partial charge in [0.2, 0.25) is 0 Å². The Kier molecular flexibility index (Phi) is 5.01. The van der Waals surface area contributed by atoms with Crippen LogP contribution in [-0.2, 0) is 4.74 Å². The molecule has 1 saturated heterocycles. The van der Waals surface area contributed by atoms with Crippen molar-refractivity contribution in [2.24, 2.45) is 5.92 Å². The molecule has 5 heteroatoms. The minimum absolute atomic E-state index is 0.160. The van der Waals surface area contributed by atoms with Crippen molar-refractivity contribution in [3.8, 4) is 0 Å². The predicted octanol–water partition coefficient (Wildman–Crippen LogP) is 3.03. The summed E-state index contributed by atoms with van der Waals surface area (Å²) in [4.78, 5) is 13.9. The number of ether oxygens (including phenoxy) is 1. The van der Waals surface area contributed by atoms with Crippen LogP contribution in [0.1, 0.15) is 46.5 Å². The molecule has 1 aliphatic carbocycles. The summed E-state index contributed by atoms with van der Waals surface area (Å²) in [6.45, 7) is 8.41. The van der Waals surface area contributed by atoms with Gasteiger partial charge in [-0.05, 0) is 52.4 Å². The fourth-order valence-corrected chi connectivity index (χ4v) is 3.13. The van der Waals surface area contributed by atoms with Crippen LogP contribution in [0.4, 0.5) is 4.79 Å². The summed E-state index contributed by atoms with van der Waals surface area (Å²) >= 11 is 1.87. The Bertz CT molecular complexity index is 313. The maximum Gasteiger partial charge on any atom is 0.410 e. The van der Waals surface area contributed by atoms with Crippen LogP contribution < -0.4 is 4.72 Å². The monoisotopic (exact) mass is 286 g/mol. The van der Waals surface area contributed by atoms with Crippen LogP contribution >= 0.6 is 11.9 Å². The highest BCUT2D eigenvalue weighted by Gasteiger charge is 2.28. The van der Waals surface area contributed by atoms with Crippen LogP contribution in [0.5, 0.6) is 0 Å². The molecule has 1 unspecified atom stereocenters. The van der Waals surface area contributed by atoms with Gasteiger partial charge in [-0.2, -0.15) is 0 Å². The van der Waals surface area contributed by atoms with E-state index in [4.69, 9.17) is 4.74 Å². The molecular weight excluding hydrogens is 260 g/mol. The van der Waals surface area contributed by atoms with Crippen molar-refractivity contribution < 1.29 is 9.53 Å². The molecule has 4 nitrogen and oxygen atoms in total. The number of carbonyl (C=O) groups excluding carboxylic acids is 1. The Morgan fingerprint density at radius 3 is 2.74 bits per heavy atom. The Morgan fingerprint density at radius 1 is 1.37 bits per heavy atom. The lowest BCUT2D eigenvalue weighted by Gasteiger charge is -2.34. The molecule has 0 radical (unpaired) electrons. The quantitative estimate of drug-likeness (QED) is 0.807. The number of nitrogens with zero attached hydrogens (tertiary/aromatic N) is 1. The number of rotatable bonds is 4. The molecule has 2 aliphatic rings. The van der Waals surface area contributed by atoms with Gasteiger partial charge < -0.3 is 9.64 Å². The molecule has 0 aromatic rings. The fraction of sp³-hybridized carbons (Fsp3) is 0.929. The smallest absolute Gasteiger partial charge is 0.410 e. The van der Waals surface area contributed by atoms with E-state index < -0.39 is 5.60 Å². The molecule has 0 spiro atoms. The number of carbonyl (C=O) groups is 1. The van der Waals surface area contributed by atoms with Crippen LogP contribution in [0, 0.1) is 5.92 Å². The van der Waals surface area contributed by atoms with Gasteiger partial charge in [0, 0.05) is 24.9 Å². The van der Waals surface area contributed by atoms with Crippen LogP contribution in [0.25, 0.3) is 0 Å². The first kappa shape index (κ1) is 15.0. The van der Waals surface area contributed by atoms with Crippen molar-refractivity contribution in [3.05, 3.63) is 0 Å². The number of nitrogens with one attached hydrogen (secondary N) is 1. The zero-order valence-corrected chi connectivity index (χ0v) is 13.1. The van der Waals surface area contributed by atoms with E-state index in [2.05, 4.69) is 4.72 Å². The molecule has 1 N–H and O–H groups in total. The molecule has 2 fully saturated rings. The second kappa shape index (κ2) is 6.35. The summed E-state index contributed by atoms with van der Waals surface area (Å²) in [5.74, 6) is 0.563. The van der Waals surface area contributed by atoms with Crippen LogP contribution in [0.3, 0.4) is 0 Å². The average Bonchev–Trinajstić information content (AvgIpc) is 3.11. The van der Waals surface area contributed by atoms with Gasteiger partial charge in [-0.3, -0.25) is 4.72 Å². The van der Waals surface area contributed by atoms with E-state index in [1.807, 2.05) is 37.6 Å². The van der Waals surface area contributed by atoms with Gasteiger partial charge >= 0.3 is 6.09 Å². The van der Waals surface area contributed by atoms with Crippen molar-refractivity contribution in [2.75, 3.05) is 19.6 Å². The Hall–Kier alpha value is -0.420. The third kappa shape index (κ3) is 5.61. The molecule has 1 atom stereocenters. The summed E-state index contributed by atoms with van der Waals surface area (Å²) < 4.78 is 8.90. The van der Waals surface area contributed by atoms with E-state index in [0.29, 0.717) is 5.92 Å². The Balaban J connectivity index is 1.70. The van der Waals surface area contributed by atoms with E-state index in [0.717, 1.165) is 31.3 Å². The number of likely N-dealkylation sites (tertiary alicyclic amines) is 1. The van der Waals surface area contributed by atoms with Gasteiger partial charge in [-0.1, -0.05) is 11.9 Å². The van der Waals surface area contributed by atoms with Gasteiger partial charge in [0.25, 0.3) is 0 Å². The van der Waals surface area contributed by atoms with Crippen molar-refractivity contribution >= 4 is 18.0 Å². The zero-order chi connectivity index (χ0) is 13.9. The lowest BCUT2D eigenvalue weighted by Crippen LogP contribution is -2.44. The fourth-order valence-electron chi connectivity index (χ4n) is 2.19. The summed E-state index contributed by atoms with van der Waals surface area (Å²) in [6, 6.07) is 0. The van der Waals surface area contributed by atoms with E-state index in [1.54, 1.807) is 0 Å². The molecule has 2 rings (SSSR count). The SMILES string of the molecule is CC(C)(C)OC(=O)N1CCCC(CNSC2CC2)C1. The first-order valence-electron chi connectivity index (χ1n) is 7.30. The first-order valence-corrected chi connectivity index (χ1v) is 8.18. The molecule has 19 heavy (non-hydrogen) atoms. The molecule has 1 saturated carbocycles. The molecule has 1 aliphatic heterocycles. The van der Waals surface area contributed by atoms with Crippen molar-refractivity contribution in [2.45, 2.75) is 57.3 Å². The Labute approximate surface area is 120 Å². The molecule has 0 aromatic carbocycles. The third-order valence-corrected chi connectivity index (χ3v) is 4.46. The lowest BCUT2D eigenvalue weighted by molar-refractivity contribution is 0.0169. The summed E-state index contributed by atoms with van der Waals surface area (Å²) in [5.41, 5.74) is -0.399. The summed E-state index contributed by atoms with van der Waals surface area (Å²) in [6.07, 6.45) is 4.84. The van der Waals surface area contributed by atoms with E-state index in [9.17, 15) is 4.79 Å². The van der Waals surface area contributed by atoms with Crippen LogP contribution in [0.15, 0.2) is 0 Å². The number of hydrogen-bond donors (Lipinski definition) is 1. The van der Waals surface area contributed by atoms with Gasteiger partial charge in [0.15, 0.2) is 0 Å². The van der Waals surface area contributed by atoms with Gasteiger partial charge in [-0.25, -0.2) is 4.79 Å². The van der Waals surface area contributed by atoms with Crippen LogP contribution in [-0.4, -0.2) is 41.5 Å². The predicted molar refractivity (Wildman–Crippen MR) is 79.1 cm³/mol. The number of piperidine rings is 1. The topological polar surface area (TPSA) is 41.6 Å². The summed E-state index contributed by atoms with van der Waals surface area (Å²) in [5, 5.41) is 0.838. The van der Waals surface area contributed by atoms with E-state index >= 15 is 0 Å². The minimum atomic E-state index is -0.399. The minimum Gasteiger partial charge on any atom is -0.444 e. The second-order valence-electron chi connectivity index (χ2n) is 6.60. The third-order valence-electron chi connectivity index (χ3n) is 3.32. The van der Waals surface area contributed by atoms with Crippen molar-refractivity contribution in [3.63, 3.8) is 0 Å². The largest absolute Gasteiger partial charge is 0.444 e. The molecule has 1 heterocycles.